The summed E-state index contributed by atoms with van der Waals surface area (Å²) in [4.78, 5) is 2.58. The first-order chi connectivity index (χ1) is 6.74. The molecular formula is C11H24N2O. The van der Waals surface area contributed by atoms with E-state index in [1.165, 1.54) is 25.9 Å². The molecule has 0 amide bonds. The lowest BCUT2D eigenvalue weighted by Gasteiger charge is -2.37. The summed E-state index contributed by atoms with van der Waals surface area (Å²) in [5, 5.41) is 3.50. The summed E-state index contributed by atoms with van der Waals surface area (Å²) in [6, 6.07) is 1.34. The Bertz CT molecular complexity index is 152. The van der Waals surface area contributed by atoms with Crippen LogP contribution in [0.5, 0.6) is 0 Å². The van der Waals surface area contributed by atoms with E-state index < -0.39 is 0 Å². The van der Waals surface area contributed by atoms with Crippen molar-refractivity contribution >= 4 is 0 Å². The van der Waals surface area contributed by atoms with Crippen LogP contribution in [0.4, 0.5) is 0 Å². The molecule has 1 heterocycles. The lowest BCUT2D eigenvalue weighted by Crippen LogP contribution is -2.54. The zero-order valence-corrected chi connectivity index (χ0v) is 9.75. The average Bonchev–Trinajstić information content (AvgIpc) is 2.18. The van der Waals surface area contributed by atoms with Crippen LogP contribution >= 0.6 is 0 Å². The van der Waals surface area contributed by atoms with Gasteiger partial charge in [-0.15, -0.1) is 0 Å². The molecule has 0 aliphatic carbocycles. The predicted molar refractivity (Wildman–Crippen MR) is 59.6 cm³/mol. The van der Waals surface area contributed by atoms with Gasteiger partial charge < -0.3 is 10.1 Å². The van der Waals surface area contributed by atoms with Crippen LogP contribution in [0.15, 0.2) is 0 Å². The molecule has 2 atom stereocenters. The molecule has 0 bridgehead atoms. The monoisotopic (exact) mass is 200 g/mol. The van der Waals surface area contributed by atoms with Gasteiger partial charge in [-0.2, -0.15) is 0 Å². The number of methoxy groups -OCH3 is 1. The van der Waals surface area contributed by atoms with Crippen molar-refractivity contribution in [1.29, 1.82) is 0 Å². The lowest BCUT2D eigenvalue weighted by atomic mass is 10.1. The van der Waals surface area contributed by atoms with E-state index in [0.29, 0.717) is 12.1 Å². The van der Waals surface area contributed by atoms with Gasteiger partial charge in [0.1, 0.15) is 0 Å². The maximum Gasteiger partial charge on any atom is 0.0462 e. The van der Waals surface area contributed by atoms with Crippen LogP contribution in [-0.2, 0) is 4.74 Å². The van der Waals surface area contributed by atoms with Gasteiger partial charge in [-0.3, -0.25) is 4.90 Å². The van der Waals surface area contributed by atoms with Gasteiger partial charge in [0.15, 0.2) is 0 Å². The summed E-state index contributed by atoms with van der Waals surface area (Å²) in [5.74, 6) is 0. The van der Waals surface area contributed by atoms with E-state index >= 15 is 0 Å². The van der Waals surface area contributed by atoms with Crippen LogP contribution in [0.1, 0.15) is 26.7 Å². The fourth-order valence-corrected chi connectivity index (χ4v) is 1.97. The molecule has 3 heteroatoms. The summed E-state index contributed by atoms with van der Waals surface area (Å²) >= 11 is 0. The number of hydrogen-bond donors (Lipinski definition) is 1. The van der Waals surface area contributed by atoms with E-state index in [9.17, 15) is 0 Å². The number of piperazine rings is 1. The highest BCUT2D eigenvalue weighted by Gasteiger charge is 2.21. The van der Waals surface area contributed by atoms with E-state index in [1.807, 2.05) is 0 Å². The number of nitrogens with zero attached hydrogens (tertiary/aromatic N) is 1. The maximum atomic E-state index is 5.05. The van der Waals surface area contributed by atoms with Crippen LogP contribution in [0, 0.1) is 0 Å². The number of unbranched alkanes of at least 4 members (excludes halogenated alkanes) is 1. The molecule has 1 aliphatic heterocycles. The SMILES string of the molecule is COCCCCN1C[C@H](C)NC[C@H]1C. The Hall–Kier alpha value is -0.120. The van der Waals surface area contributed by atoms with Crippen molar-refractivity contribution in [3.05, 3.63) is 0 Å². The lowest BCUT2D eigenvalue weighted by molar-refractivity contribution is 0.135. The minimum absolute atomic E-state index is 0.647. The number of ether oxygens (including phenoxy) is 1. The molecule has 1 fully saturated rings. The van der Waals surface area contributed by atoms with Crippen molar-refractivity contribution in [2.75, 3.05) is 33.4 Å². The van der Waals surface area contributed by atoms with E-state index in [-0.39, 0.29) is 0 Å². The van der Waals surface area contributed by atoms with Gasteiger partial charge in [0.05, 0.1) is 0 Å². The fraction of sp³-hybridized carbons (Fsp3) is 1.00. The smallest absolute Gasteiger partial charge is 0.0462 e. The normalized spacial score (nSPS) is 29.4. The summed E-state index contributed by atoms with van der Waals surface area (Å²) < 4.78 is 5.05. The van der Waals surface area contributed by atoms with Crippen LogP contribution in [0.3, 0.4) is 0 Å². The Morgan fingerprint density at radius 3 is 2.86 bits per heavy atom. The standard InChI is InChI=1S/C11H24N2O/c1-10-9-13(11(2)8-12-10)6-4-5-7-14-3/h10-12H,4-9H2,1-3H3/t10-,11+/m0/s1. The average molecular weight is 200 g/mol. The molecule has 1 aliphatic rings. The third-order valence-electron chi connectivity index (χ3n) is 2.94. The van der Waals surface area contributed by atoms with Crippen LogP contribution in [-0.4, -0.2) is 50.3 Å². The van der Waals surface area contributed by atoms with Crippen LogP contribution < -0.4 is 5.32 Å². The maximum absolute atomic E-state index is 5.05. The molecule has 3 nitrogen and oxygen atoms in total. The molecule has 0 aromatic heterocycles. The predicted octanol–water partition coefficient (Wildman–Crippen LogP) is 1.10. The Labute approximate surface area is 87.8 Å². The molecule has 0 unspecified atom stereocenters. The topological polar surface area (TPSA) is 24.5 Å². The molecule has 1 rings (SSSR count). The second-order valence-electron chi connectivity index (χ2n) is 4.35. The van der Waals surface area contributed by atoms with E-state index in [0.717, 1.165) is 13.2 Å². The van der Waals surface area contributed by atoms with E-state index in [1.54, 1.807) is 7.11 Å². The molecular weight excluding hydrogens is 176 g/mol. The van der Waals surface area contributed by atoms with Gasteiger partial charge in [0, 0.05) is 38.9 Å². The first kappa shape index (κ1) is 12.0. The molecule has 0 aromatic rings. The third-order valence-corrected chi connectivity index (χ3v) is 2.94. The fourth-order valence-electron chi connectivity index (χ4n) is 1.97. The van der Waals surface area contributed by atoms with Gasteiger partial charge in [-0.05, 0) is 33.2 Å². The van der Waals surface area contributed by atoms with Gasteiger partial charge >= 0.3 is 0 Å². The van der Waals surface area contributed by atoms with Crippen molar-refractivity contribution in [2.24, 2.45) is 0 Å². The summed E-state index contributed by atoms with van der Waals surface area (Å²) in [7, 11) is 1.77. The highest BCUT2D eigenvalue weighted by Crippen LogP contribution is 2.07. The van der Waals surface area contributed by atoms with Gasteiger partial charge in [-0.25, -0.2) is 0 Å². The second kappa shape index (κ2) is 6.38. The third kappa shape index (κ3) is 3.95. The Morgan fingerprint density at radius 2 is 2.14 bits per heavy atom. The Morgan fingerprint density at radius 1 is 1.36 bits per heavy atom. The quantitative estimate of drug-likeness (QED) is 0.673. The highest BCUT2D eigenvalue weighted by atomic mass is 16.5. The molecule has 0 aromatic carbocycles. The minimum atomic E-state index is 0.647. The molecule has 14 heavy (non-hydrogen) atoms. The molecule has 1 N–H and O–H groups in total. The van der Waals surface area contributed by atoms with E-state index in [2.05, 4.69) is 24.1 Å². The molecule has 84 valence electrons. The van der Waals surface area contributed by atoms with Crippen molar-refractivity contribution in [3.63, 3.8) is 0 Å². The number of rotatable bonds is 5. The van der Waals surface area contributed by atoms with Crippen LogP contribution in [0.2, 0.25) is 0 Å². The van der Waals surface area contributed by atoms with Gasteiger partial charge in [0.25, 0.3) is 0 Å². The molecule has 0 saturated carbocycles. The largest absolute Gasteiger partial charge is 0.385 e. The van der Waals surface area contributed by atoms with Gasteiger partial charge in [0.2, 0.25) is 0 Å². The van der Waals surface area contributed by atoms with E-state index in [4.69, 9.17) is 4.74 Å². The summed E-state index contributed by atoms with van der Waals surface area (Å²) in [6.45, 7) is 9.00. The zero-order chi connectivity index (χ0) is 10.4. The van der Waals surface area contributed by atoms with Crippen LogP contribution in [0.25, 0.3) is 0 Å². The number of nitrogens with one attached hydrogen (secondary N) is 1. The second-order valence-corrected chi connectivity index (χ2v) is 4.35. The zero-order valence-electron chi connectivity index (χ0n) is 9.75. The first-order valence-electron chi connectivity index (χ1n) is 5.70. The van der Waals surface area contributed by atoms with Crippen molar-refractivity contribution in [3.8, 4) is 0 Å². The summed E-state index contributed by atoms with van der Waals surface area (Å²) in [6.07, 6.45) is 2.44. The van der Waals surface area contributed by atoms with Crippen molar-refractivity contribution < 1.29 is 4.74 Å². The van der Waals surface area contributed by atoms with Crippen molar-refractivity contribution in [1.82, 2.24) is 10.2 Å². The van der Waals surface area contributed by atoms with Crippen molar-refractivity contribution in [2.45, 2.75) is 38.8 Å². The minimum Gasteiger partial charge on any atom is -0.385 e. The number of hydrogen-bond acceptors (Lipinski definition) is 3. The first-order valence-corrected chi connectivity index (χ1v) is 5.70. The Kier molecular flexibility index (Phi) is 5.45. The molecule has 1 saturated heterocycles. The molecule has 0 spiro atoms. The Balaban J connectivity index is 2.14. The highest BCUT2D eigenvalue weighted by molar-refractivity contribution is 4.80. The molecule has 0 radical (unpaired) electrons. The van der Waals surface area contributed by atoms with Gasteiger partial charge in [-0.1, -0.05) is 0 Å². The summed E-state index contributed by atoms with van der Waals surface area (Å²) in [5.41, 5.74) is 0.